The maximum absolute atomic E-state index is 13.1. The molecule has 0 unspecified atom stereocenters. The van der Waals surface area contributed by atoms with Gasteiger partial charge in [-0.25, -0.2) is 9.29 Å². The van der Waals surface area contributed by atoms with E-state index in [2.05, 4.69) is 4.90 Å². The van der Waals surface area contributed by atoms with Crippen molar-refractivity contribution in [1.82, 2.24) is 4.90 Å². The van der Waals surface area contributed by atoms with Crippen LogP contribution in [0, 0.1) is 17.1 Å². The molecule has 0 saturated carbocycles. The summed E-state index contributed by atoms with van der Waals surface area (Å²) >= 11 is 0. The van der Waals surface area contributed by atoms with E-state index < -0.39 is 11.8 Å². The summed E-state index contributed by atoms with van der Waals surface area (Å²) in [6, 6.07) is 14.5. The first-order valence-electron chi connectivity index (χ1n) is 9.46. The topological polar surface area (TPSA) is 93.7 Å². The number of rotatable bonds is 4. The van der Waals surface area contributed by atoms with Crippen molar-refractivity contribution in [1.29, 1.82) is 5.26 Å². The van der Waals surface area contributed by atoms with Crippen molar-refractivity contribution in [2.45, 2.75) is 6.92 Å². The fourth-order valence-electron chi connectivity index (χ4n) is 3.26. The van der Waals surface area contributed by atoms with E-state index in [-0.39, 0.29) is 11.4 Å². The van der Waals surface area contributed by atoms with Crippen molar-refractivity contribution in [3.63, 3.8) is 0 Å². The van der Waals surface area contributed by atoms with Gasteiger partial charge in [-0.15, -0.1) is 0 Å². The molecule has 0 aliphatic carbocycles. The van der Waals surface area contributed by atoms with Crippen LogP contribution in [-0.4, -0.2) is 42.9 Å². The minimum absolute atomic E-state index is 0.128. The van der Waals surface area contributed by atoms with Crippen molar-refractivity contribution in [3.8, 4) is 6.07 Å². The SMILES string of the molecule is CC(=O)N(C(=O)/C(C#N)=C\N1CCN(c2ccc(F)cc2)CC1)c1ccc(N)cc1. The molecular weight excluding hydrogens is 385 g/mol. The first-order valence-corrected chi connectivity index (χ1v) is 9.46. The molecule has 7 nitrogen and oxygen atoms in total. The molecule has 154 valence electrons. The van der Waals surface area contributed by atoms with E-state index in [1.54, 1.807) is 36.4 Å². The summed E-state index contributed by atoms with van der Waals surface area (Å²) in [6.07, 6.45) is 1.50. The first-order chi connectivity index (χ1) is 14.4. The zero-order valence-corrected chi connectivity index (χ0v) is 16.6. The Morgan fingerprint density at radius 3 is 2.20 bits per heavy atom. The van der Waals surface area contributed by atoms with Gasteiger partial charge in [-0.3, -0.25) is 9.59 Å². The Morgan fingerprint density at radius 1 is 1.07 bits per heavy atom. The van der Waals surface area contributed by atoms with Crippen LogP contribution in [0.5, 0.6) is 0 Å². The van der Waals surface area contributed by atoms with Gasteiger partial charge in [0.2, 0.25) is 5.91 Å². The van der Waals surface area contributed by atoms with Crippen molar-refractivity contribution in [3.05, 3.63) is 66.1 Å². The van der Waals surface area contributed by atoms with Gasteiger partial charge >= 0.3 is 0 Å². The molecule has 0 atom stereocenters. The summed E-state index contributed by atoms with van der Waals surface area (Å²) in [4.78, 5) is 29.9. The Balaban J connectivity index is 1.72. The Hall–Kier alpha value is -3.86. The zero-order chi connectivity index (χ0) is 21.7. The first kappa shape index (κ1) is 20.9. The number of anilines is 3. The van der Waals surface area contributed by atoms with Gasteiger partial charge in [-0.1, -0.05) is 0 Å². The van der Waals surface area contributed by atoms with Crippen LogP contribution in [0.4, 0.5) is 21.5 Å². The number of hydrogen-bond acceptors (Lipinski definition) is 6. The number of nitrogens with zero attached hydrogens (tertiary/aromatic N) is 4. The lowest BCUT2D eigenvalue weighted by atomic mass is 10.2. The highest BCUT2D eigenvalue weighted by Gasteiger charge is 2.25. The zero-order valence-electron chi connectivity index (χ0n) is 16.6. The van der Waals surface area contributed by atoms with Crippen molar-refractivity contribution in [2.75, 3.05) is 41.7 Å². The van der Waals surface area contributed by atoms with Crippen LogP contribution < -0.4 is 15.5 Å². The maximum Gasteiger partial charge on any atom is 0.277 e. The Labute approximate surface area is 174 Å². The van der Waals surface area contributed by atoms with Gasteiger partial charge < -0.3 is 15.5 Å². The van der Waals surface area contributed by atoms with Crippen LogP contribution in [-0.2, 0) is 9.59 Å². The van der Waals surface area contributed by atoms with Crippen LogP contribution in [0.3, 0.4) is 0 Å². The number of imide groups is 1. The molecule has 3 rings (SSSR count). The lowest BCUT2D eigenvalue weighted by Gasteiger charge is -2.35. The Kier molecular flexibility index (Phi) is 6.32. The predicted octanol–water partition coefficient (Wildman–Crippen LogP) is 2.52. The lowest BCUT2D eigenvalue weighted by molar-refractivity contribution is -0.123. The molecule has 1 aliphatic heterocycles. The Morgan fingerprint density at radius 2 is 1.67 bits per heavy atom. The predicted molar refractivity (Wildman–Crippen MR) is 113 cm³/mol. The molecule has 1 fully saturated rings. The number of nitrogens with two attached hydrogens (primary N) is 1. The van der Waals surface area contributed by atoms with Crippen LogP contribution in [0.25, 0.3) is 0 Å². The van der Waals surface area contributed by atoms with Gasteiger partial charge in [0.05, 0.1) is 5.69 Å². The minimum Gasteiger partial charge on any atom is -0.399 e. The van der Waals surface area contributed by atoms with Gasteiger partial charge in [0, 0.05) is 50.7 Å². The molecule has 0 aromatic heterocycles. The molecule has 2 aromatic rings. The molecule has 2 amide bonds. The maximum atomic E-state index is 13.1. The summed E-state index contributed by atoms with van der Waals surface area (Å²) in [5.74, 6) is -1.46. The largest absolute Gasteiger partial charge is 0.399 e. The highest BCUT2D eigenvalue weighted by Crippen LogP contribution is 2.20. The summed E-state index contributed by atoms with van der Waals surface area (Å²) in [7, 11) is 0. The summed E-state index contributed by atoms with van der Waals surface area (Å²) < 4.78 is 13.1. The number of carbonyl (C=O) groups excluding carboxylic acids is 2. The third-order valence-corrected chi connectivity index (χ3v) is 4.84. The molecule has 1 heterocycles. The molecule has 8 heteroatoms. The number of benzene rings is 2. The second-order valence-electron chi connectivity index (χ2n) is 6.91. The van der Waals surface area contributed by atoms with Gasteiger partial charge in [-0.2, -0.15) is 5.26 Å². The second kappa shape index (κ2) is 9.09. The van der Waals surface area contributed by atoms with E-state index in [1.807, 2.05) is 11.0 Å². The van der Waals surface area contributed by atoms with E-state index in [0.717, 1.165) is 10.6 Å². The number of hydrogen-bond donors (Lipinski definition) is 1. The molecule has 30 heavy (non-hydrogen) atoms. The summed E-state index contributed by atoms with van der Waals surface area (Å²) in [5.41, 5.74) is 7.31. The quantitative estimate of drug-likeness (QED) is 0.476. The highest BCUT2D eigenvalue weighted by atomic mass is 19.1. The average molecular weight is 407 g/mol. The summed E-state index contributed by atoms with van der Waals surface area (Å²) in [6.45, 7) is 3.74. The molecule has 1 aliphatic rings. The lowest BCUT2D eigenvalue weighted by Crippen LogP contribution is -2.44. The van der Waals surface area contributed by atoms with Crippen LogP contribution in [0.2, 0.25) is 0 Å². The fourth-order valence-corrected chi connectivity index (χ4v) is 3.26. The van der Waals surface area contributed by atoms with Gasteiger partial charge in [0.1, 0.15) is 17.5 Å². The van der Waals surface area contributed by atoms with Crippen molar-refractivity contribution < 1.29 is 14.0 Å². The standard InChI is InChI=1S/C22H22FN5O2/c1-16(29)28(21-8-4-19(25)5-9-21)22(30)17(14-24)15-26-10-12-27(13-11-26)20-6-2-18(23)3-7-20/h2-9,15H,10-13,25H2,1H3/b17-15-. The summed E-state index contributed by atoms with van der Waals surface area (Å²) in [5, 5.41) is 9.54. The number of nitrogen functional groups attached to an aromatic ring is 1. The molecule has 0 bridgehead atoms. The third-order valence-electron chi connectivity index (χ3n) is 4.84. The van der Waals surface area contributed by atoms with E-state index in [4.69, 9.17) is 5.73 Å². The number of piperazine rings is 1. The van der Waals surface area contributed by atoms with Gasteiger partial charge in [0.15, 0.2) is 0 Å². The highest BCUT2D eigenvalue weighted by molar-refractivity contribution is 6.21. The number of halogens is 1. The molecule has 2 aromatic carbocycles. The van der Waals surface area contributed by atoms with Gasteiger partial charge in [0.25, 0.3) is 5.91 Å². The van der Waals surface area contributed by atoms with Crippen LogP contribution in [0.15, 0.2) is 60.3 Å². The Bertz CT molecular complexity index is 988. The second-order valence-corrected chi connectivity index (χ2v) is 6.91. The van der Waals surface area contributed by atoms with E-state index in [0.29, 0.717) is 37.6 Å². The van der Waals surface area contributed by atoms with Crippen LogP contribution in [0.1, 0.15) is 6.92 Å². The number of amides is 2. The average Bonchev–Trinajstić information content (AvgIpc) is 2.74. The van der Waals surface area contributed by atoms with E-state index >= 15 is 0 Å². The number of carbonyl (C=O) groups is 2. The van der Waals surface area contributed by atoms with Crippen molar-refractivity contribution >= 4 is 28.9 Å². The monoisotopic (exact) mass is 407 g/mol. The van der Waals surface area contributed by atoms with Gasteiger partial charge in [-0.05, 0) is 48.5 Å². The molecule has 0 spiro atoms. The smallest absolute Gasteiger partial charge is 0.277 e. The normalized spacial score (nSPS) is 14.2. The molecule has 2 N–H and O–H groups in total. The van der Waals surface area contributed by atoms with E-state index in [9.17, 15) is 19.2 Å². The molecular formula is C22H22FN5O2. The molecule has 0 radical (unpaired) electrons. The fraction of sp³-hybridized carbons (Fsp3) is 0.227. The molecule has 1 saturated heterocycles. The number of nitriles is 1. The van der Waals surface area contributed by atoms with Crippen molar-refractivity contribution in [2.24, 2.45) is 0 Å². The third kappa shape index (κ3) is 4.75. The van der Waals surface area contributed by atoms with Crippen LogP contribution >= 0.6 is 0 Å². The van der Waals surface area contributed by atoms with E-state index in [1.165, 1.54) is 25.3 Å². The minimum atomic E-state index is -0.685.